The molecule has 1 aromatic carbocycles. The molecule has 0 bridgehead atoms. The van der Waals surface area contributed by atoms with Crippen molar-refractivity contribution in [1.29, 1.82) is 0 Å². The standard InChI is InChI=1S/C12H14BrFO3/c13-5-1-7-17-11-3-2-10(12(15)16)8-9(11)4-6-14/h2-3,8H,1,4-7H2,(H,15,16). The van der Waals surface area contributed by atoms with Gasteiger partial charge in [0.15, 0.2) is 0 Å². The molecular formula is C12H14BrFO3. The third-order valence-corrected chi connectivity index (χ3v) is 2.77. The van der Waals surface area contributed by atoms with Crippen LogP contribution in [0.3, 0.4) is 0 Å². The maximum atomic E-state index is 12.4. The normalized spacial score (nSPS) is 10.2. The first-order valence-electron chi connectivity index (χ1n) is 5.30. The van der Waals surface area contributed by atoms with E-state index in [1.54, 1.807) is 6.07 Å². The first-order chi connectivity index (χ1) is 8.19. The fourth-order valence-corrected chi connectivity index (χ4v) is 1.62. The van der Waals surface area contributed by atoms with Gasteiger partial charge in [0.2, 0.25) is 0 Å². The van der Waals surface area contributed by atoms with E-state index in [2.05, 4.69) is 15.9 Å². The van der Waals surface area contributed by atoms with Crippen LogP contribution in [-0.2, 0) is 6.42 Å². The molecule has 0 heterocycles. The lowest BCUT2D eigenvalue weighted by atomic mass is 10.1. The van der Waals surface area contributed by atoms with Gasteiger partial charge in [0.25, 0.3) is 0 Å². The lowest BCUT2D eigenvalue weighted by molar-refractivity contribution is 0.0696. The summed E-state index contributed by atoms with van der Waals surface area (Å²) in [5, 5.41) is 9.67. The van der Waals surface area contributed by atoms with Gasteiger partial charge >= 0.3 is 5.97 Å². The van der Waals surface area contributed by atoms with Crippen molar-refractivity contribution in [3.63, 3.8) is 0 Å². The highest BCUT2D eigenvalue weighted by molar-refractivity contribution is 9.09. The predicted octanol–water partition coefficient (Wildman–Crippen LogP) is 3.06. The third-order valence-electron chi connectivity index (χ3n) is 2.21. The molecule has 17 heavy (non-hydrogen) atoms. The summed E-state index contributed by atoms with van der Waals surface area (Å²) in [5.74, 6) is -0.453. The Hall–Kier alpha value is -1.10. The van der Waals surface area contributed by atoms with Gasteiger partial charge in [-0.3, -0.25) is 4.39 Å². The molecule has 5 heteroatoms. The van der Waals surface area contributed by atoms with Gasteiger partial charge in [0, 0.05) is 11.8 Å². The van der Waals surface area contributed by atoms with Crippen LogP contribution in [0, 0.1) is 0 Å². The van der Waals surface area contributed by atoms with Crippen LogP contribution < -0.4 is 4.74 Å². The van der Waals surface area contributed by atoms with Crippen molar-refractivity contribution < 1.29 is 19.0 Å². The Balaban J connectivity index is 2.83. The van der Waals surface area contributed by atoms with Crippen LogP contribution in [0.1, 0.15) is 22.3 Å². The zero-order valence-corrected chi connectivity index (χ0v) is 10.9. The van der Waals surface area contributed by atoms with Gasteiger partial charge in [-0.25, -0.2) is 4.79 Å². The first kappa shape index (κ1) is 14.0. The second-order valence-electron chi connectivity index (χ2n) is 3.46. The summed E-state index contributed by atoms with van der Waals surface area (Å²) in [6, 6.07) is 4.52. The minimum Gasteiger partial charge on any atom is -0.493 e. The van der Waals surface area contributed by atoms with Gasteiger partial charge in [0.1, 0.15) is 5.75 Å². The average Bonchev–Trinajstić information content (AvgIpc) is 2.31. The molecule has 0 aromatic heterocycles. The van der Waals surface area contributed by atoms with Crippen molar-refractivity contribution in [1.82, 2.24) is 0 Å². The molecule has 1 N–H and O–H groups in total. The Bertz CT molecular complexity index is 382. The molecule has 0 aliphatic rings. The lowest BCUT2D eigenvalue weighted by Crippen LogP contribution is -2.04. The van der Waals surface area contributed by atoms with Gasteiger partial charge in [-0.2, -0.15) is 0 Å². The zero-order valence-electron chi connectivity index (χ0n) is 9.29. The number of ether oxygens (including phenoxy) is 1. The number of halogens is 2. The topological polar surface area (TPSA) is 46.5 Å². The highest BCUT2D eigenvalue weighted by Crippen LogP contribution is 2.21. The minimum absolute atomic E-state index is 0.154. The number of alkyl halides is 2. The summed E-state index contributed by atoms with van der Waals surface area (Å²) in [7, 11) is 0. The molecule has 0 fully saturated rings. The molecule has 0 saturated carbocycles. The Kier molecular flexibility index (Phi) is 5.97. The number of hydrogen-bond acceptors (Lipinski definition) is 2. The maximum absolute atomic E-state index is 12.4. The van der Waals surface area contributed by atoms with Gasteiger partial charge in [-0.05, 0) is 30.2 Å². The average molecular weight is 305 g/mol. The molecule has 1 aromatic rings. The second kappa shape index (κ2) is 7.27. The molecular weight excluding hydrogens is 291 g/mol. The number of carboxylic acids is 1. The number of rotatable bonds is 7. The number of hydrogen-bond donors (Lipinski definition) is 1. The smallest absolute Gasteiger partial charge is 0.335 e. The Morgan fingerprint density at radius 3 is 2.82 bits per heavy atom. The zero-order chi connectivity index (χ0) is 12.7. The molecule has 0 amide bonds. The third kappa shape index (κ3) is 4.34. The molecule has 1 rings (SSSR count). The highest BCUT2D eigenvalue weighted by atomic mass is 79.9. The van der Waals surface area contributed by atoms with Crippen molar-refractivity contribution >= 4 is 21.9 Å². The predicted molar refractivity (Wildman–Crippen MR) is 67.0 cm³/mol. The van der Waals surface area contributed by atoms with Crippen LogP contribution in [0.5, 0.6) is 5.75 Å². The van der Waals surface area contributed by atoms with Crippen molar-refractivity contribution in [3.8, 4) is 5.75 Å². The van der Waals surface area contributed by atoms with E-state index in [4.69, 9.17) is 9.84 Å². The van der Waals surface area contributed by atoms with Crippen LogP contribution in [0.2, 0.25) is 0 Å². The van der Waals surface area contributed by atoms with Gasteiger partial charge in [-0.1, -0.05) is 15.9 Å². The lowest BCUT2D eigenvalue weighted by Gasteiger charge is -2.10. The minimum atomic E-state index is -1.02. The summed E-state index contributed by atoms with van der Waals surface area (Å²) in [6.45, 7) is -0.00513. The van der Waals surface area contributed by atoms with Crippen LogP contribution >= 0.6 is 15.9 Å². The van der Waals surface area contributed by atoms with Gasteiger partial charge in [-0.15, -0.1) is 0 Å². The molecule has 0 spiro atoms. The van der Waals surface area contributed by atoms with E-state index in [0.717, 1.165) is 11.8 Å². The van der Waals surface area contributed by atoms with E-state index in [0.29, 0.717) is 17.9 Å². The number of aryl methyl sites for hydroxylation is 1. The number of carbonyl (C=O) groups is 1. The fraction of sp³-hybridized carbons (Fsp3) is 0.417. The van der Waals surface area contributed by atoms with E-state index in [1.165, 1.54) is 12.1 Å². The largest absolute Gasteiger partial charge is 0.493 e. The molecule has 0 radical (unpaired) electrons. The van der Waals surface area contributed by atoms with Crippen molar-refractivity contribution in [2.75, 3.05) is 18.6 Å². The van der Waals surface area contributed by atoms with Crippen molar-refractivity contribution in [2.24, 2.45) is 0 Å². The SMILES string of the molecule is O=C(O)c1ccc(OCCCBr)c(CCF)c1. The van der Waals surface area contributed by atoms with Gasteiger partial charge < -0.3 is 9.84 Å². The van der Waals surface area contributed by atoms with E-state index >= 15 is 0 Å². The molecule has 3 nitrogen and oxygen atoms in total. The van der Waals surface area contributed by atoms with Crippen LogP contribution in [0.25, 0.3) is 0 Å². The number of aromatic carboxylic acids is 1. The van der Waals surface area contributed by atoms with Crippen LogP contribution in [-0.4, -0.2) is 29.7 Å². The Morgan fingerprint density at radius 2 is 2.24 bits per heavy atom. The molecule has 0 saturated heterocycles. The summed E-state index contributed by atoms with van der Waals surface area (Å²) in [5.41, 5.74) is 0.753. The monoisotopic (exact) mass is 304 g/mol. The molecule has 0 aliphatic carbocycles. The van der Waals surface area contributed by atoms with E-state index < -0.39 is 12.6 Å². The number of benzene rings is 1. The fourth-order valence-electron chi connectivity index (χ4n) is 1.39. The first-order valence-corrected chi connectivity index (χ1v) is 6.42. The second-order valence-corrected chi connectivity index (χ2v) is 4.25. The van der Waals surface area contributed by atoms with E-state index in [9.17, 15) is 9.18 Å². The Morgan fingerprint density at radius 1 is 1.47 bits per heavy atom. The molecule has 0 aliphatic heterocycles. The summed E-state index contributed by atoms with van der Waals surface area (Å²) in [6.07, 6.45) is 1.01. The van der Waals surface area contributed by atoms with Crippen LogP contribution in [0.4, 0.5) is 4.39 Å². The molecule has 94 valence electrons. The van der Waals surface area contributed by atoms with Crippen molar-refractivity contribution in [2.45, 2.75) is 12.8 Å². The van der Waals surface area contributed by atoms with E-state index in [-0.39, 0.29) is 12.0 Å². The van der Waals surface area contributed by atoms with Crippen molar-refractivity contribution in [3.05, 3.63) is 29.3 Å². The quantitative estimate of drug-likeness (QED) is 0.622. The van der Waals surface area contributed by atoms with Crippen LogP contribution in [0.15, 0.2) is 18.2 Å². The Labute approximate surface area is 108 Å². The highest BCUT2D eigenvalue weighted by Gasteiger charge is 2.09. The van der Waals surface area contributed by atoms with Gasteiger partial charge in [0.05, 0.1) is 18.8 Å². The summed E-state index contributed by atoms with van der Waals surface area (Å²) in [4.78, 5) is 10.8. The molecule has 0 atom stereocenters. The maximum Gasteiger partial charge on any atom is 0.335 e. The van der Waals surface area contributed by atoms with E-state index in [1.807, 2.05) is 0 Å². The molecule has 0 unspecified atom stereocenters. The number of carboxylic acid groups (broad SMARTS) is 1. The summed E-state index contributed by atoms with van der Waals surface area (Å²) < 4.78 is 17.8. The summed E-state index contributed by atoms with van der Waals surface area (Å²) >= 11 is 3.29.